The van der Waals surface area contributed by atoms with Crippen molar-refractivity contribution in [1.29, 1.82) is 0 Å². The van der Waals surface area contributed by atoms with Gasteiger partial charge >= 0.3 is 11.9 Å². The number of carbonyl (C=O) groups is 1. The Kier molecular flexibility index (Phi) is 5.50. The fourth-order valence-corrected chi connectivity index (χ4v) is 1.45. The number of halogens is 2. The number of nitro groups is 1. The van der Waals surface area contributed by atoms with Crippen LogP contribution in [0.25, 0.3) is 0 Å². The van der Waals surface area contributed by atoms with Crippen LogP contribution in [0.5, 0.6) is 0 Å². The van der Waals surface area contributed by atoms with Gasteiger partial charge in [-0.2, -0.15) is 8.78 Å². The molecule has 0 radical (unpaired) electrons. The minimum Gasteiger partial charge on any atom is -0.396 e. The first kappa shape index (κ1) is 16.0. The highest BCUT2D eigenvalue weighted by Crippen LogP contribution is 2.20. The molecule has 1 heterocycles. The molecule has 1 aromatic rings. The Morgan fingerprint density at radius 2 is 2.25 bits per heavy atom. The summed E-state index contributed by atoms with van der Waals surface area (Å²) in [6.07, 6.45) is 2.76. The minimum absolute atomic E-state index is 0.000997. The smallest absolute Gasteiger partial charge is 0.396 e. The largest absolute Gasteiger partial charge is 0.434 e. The molecule has 0 aromatic carbocycles. The lowest BCUT2D eigenvalue weighted by molar-refractivity contribution is -0.397. The lowest BCUT2D eigenvalue weighted by atomic mass is 10.2. The zero-order chi connectivity index (χ0) is 15.2. The van der Waals surface area contributed by atoms with Gasteiger partial charge in [0.1, 0.15) is 18.9 Å². The van der Waals surface area contributed by atoms with Gasteiger partial charge < -0.3 is 20.5 Å². The van der Waals surface area contributed by atoms with Crippen LogP contribution in [0.2, 0.25) is 0 Å². The van der Waals surface area contributed by atoms with E-state index in [1.54, 1.807) is 0 Å². The van der Waals surface area contributed by atoms with E-state index in [0.717, 1.165) is 12.4 Å². The first-order valence-corrected chi connectivity index (χ1v) is 5.81. The molecule has 10 heteroatoms. The van der Waals surface area contributed by atoms with Crippen LogP contribution < -0.4 is 5.32 Å². The van der Waals surface area contributed by atoms with Crippen molar-refractivity contribution < 1.29 is 23.6 Å². The molecule has 20 heavy (non-hydrogen) atoms. The van der Waals surface area contributed by atoms with Gasteiger partial charge in [0.25, 0.3) is 5.91 Å². The summed E-state index contributed by atoms with van der Waals surface area (Å²) in [7, 11) is 0. The number of hydrogen-bond acceptors (Lipinski definition) is 5. The van der Waals surface area contributed by atoms with Gasteiger partial charge in [-0.1, -0.05) is 4.98 Å². The maximum absolute atomic E-state index is 13.6. The van der Waals surface area contributed by atoms with Crippen molar-refractivity contribution in [3.05, 3.63) is 22.5 Å². The molecule has 0 fully saturated rings. The first-order valence-electron chi connectivity index (χ1n) is 5.81. The highest BCUT2D eigenvalue weighted by molar-refractivity contribution is 5.83. The molecule has 0 saturated heterocycles. The Balaban J connectivity index is 2.61. The van der Waals surface area contributed by atoms with Crippen molar-refractivity contribution in [2.75, 3.05) is 13.2 Å². The number of amides is 1. The second-order valence-electron chi connectivity index (χ2n) is 4.00. The highest BCUT2D eigenvalue weighted by atomic mass is 19.3. The van der Waals surface area contributed by atoms with E-state index in [9.17, 15) is 23.7 Å². The van der Waals surface area contributed by atoms with Gasteiger partial charge in [-0.15, -0.1) is 0 Å². The van der Waals surface area contributed by atoms with Crippen LogP contribution in [0.3, 0.4) is 0 Å². The molecule has 0 saturated carbocycles. The number of aliphatic hydroxyl groups is 1. The molecule has 112 valence electrons. The molecular formula is C10H14F2N4O4. The molecule has 0 spiro atoms. The third-order valence-corrected chi connectivity index (χ3v) is 2.43. The Morgan fingerprint density at radius 1 is 1.55 bits per heavy atom. The quantitative estimate of drug-likeness (QED) is 0.407. The molecule has 0 atom stereocenters. The molecule has 1 rings (SSSR count). The van der Waals surface area contributed by atoms with Gasteiger partial charge in [-0.3, -0.25) is 4.79 Å². The molecule has 1 aromatic heterocycles. The number of nitrogens with one attached hydrogen (secondary N) is 1. The van der Waals surface area contributed by atoms with Crippen molar-refractivity contribution in [2.45, 2.75) is 25.3 Å². The zero-order valence-corrected chi connectivity index (χ0v) is 10.5. The molecule has 0 unspecified atom stereocenters. The Morgan fingerprint density at radius 3 is 2.85 bits per heavy atom. The fourth-order valence-electron chi connectivity index (χ4n) is 1.45. The lowest BCUT2D eigenvalue weighted by Crippen LogP contribution is -2.43. The zero-order valence-electron chi connectivity index (χ0n) is 10.5. The number of nitrogens with zero attached hydrogens (tertiary/aromatic N) is 3. The van der Waals surface area contributed by atoms with Crippen molar-refractivity contribution in [2.24, 2.45) is 0 Å². The van der Waals surface area contributed by atoms with E-state index in [1.807, 2.05) is 5.32 Å². The number of hydrogen-bond donors (Lipinski definition) is 2. The SMILES string of the molecule is O=C(NCCCCO)C(F)(F)Cn1ccnc1[N+](=O)[O-]. The van der Waals surface area contributed by atoms with Gasteiger partial charge in [-0.05, 0) is 17.8 Å². The number of alkyl halides is 2. The van der Waals surface area contributed by atoms with E-state index < -0.39 is 29.2 Å². The first-order chi connectivity index (χ1) is 9.38. The number of carbonyl (C=O) groups excluding carboxylic acids is 1. The van der Waals surface area contributed by atoms with Crippen LogP contribution >= 0.6 is 0 Å². The number of unbranched alkanes of at least 4 members (excludes halogenated alkanes) is 1. The van der Waals surface area contributed by atoms with E-state index in [4.69, 9.17) is 5.11 Å². The van der Waals surface area contributed by atoms with E-state index in [0.29, 0.717) is 17.4 Å². The summed E-state index contributed by atoms with van der Waals surface area (Å²) in [5, 5.41) is 21.1. The summed E-state index contributed by atoms with van der Waals surface area (Å²) in [5.41, 5.74) is 0. The fraction of sp³-hybridized carbons (Fsp3) is 0.600. The monoisotopic (exact) mass is 292 g/mol. The van der Waals surface area contributed by atoms with Crippen LogP contribution in [-0.2, 0) is 11.3 Å². The predicted octanol–water partition coefficient (Wildman–Crippen LogP) is 0.315. The second-order valence-corrected chi connectivity index (χ2v) is 4.00. The van der Waals surface area contributed by atoms with E-state index in [-0.39, 0.29) is 13.2 Å². The van der Waals surface area contributed by atoms with Gasteiger partial charge in [0.2, 0.25) is 0 Å². The van der Waals surface area contributed by atoms with E-state index in [1.165, 1.54) is 0 Å². The Bertz CT molecular complexity index is 478. The third-order valence-electron chi connectivity index (χ3n) is 2.43. The van der Waals surface area contributed by atoms with Crippen LogP contribution in [0.4, 0.5) is 14.7 Å². The number of aromatic nitrogens is 2. The maximum Gasteiger partial charge on any atom is 0.434 e. The molecule has 2 N–H and O–H groups in total. The van der Waals surface area contributed by atoms with Crippen LogP contribution in [0.15, 0.2) is 12.4 Å². The van der Waals surface area contributed by atoms with Gasteiger partial charge in [0, 0.05) is 13.2 Å². The standard InChI is InChI=1S/C10H14F2N4O4/c11-10(12,8(18)13-3-1-2-6-17)7-15-5-4-14-9(15)16(19)20/h4-5,17H,1-3,6-7H2,(H,13,18). The maximum atomic E-state index is 13.6. The summed E-state index contributed by atoms with van der Waals surface area (Å²) in [4.78, 5) is 24.3. The lowest BCUT2D eigenvalue weighted by Gasteiger charge is -2.15. The molecular weight excluding hydrogens is 278 g/mol. The summed E-state index contributed by atoms with van der Waals surface area (Å²) in [6.45, 7) is -1.25. The van der Waals surface area contributed by atoms with Crippen molar-refractivity contribution in [3.8, 4) is 0 Å². The summed E-state index contributed by atoms with van der Waals surface area (Å²) in [6, 6.07) is 0. The van der Waals surface area contributed by atoms with Crippen LogP contribution in [0, 0.1) is 10.1 Å². The van der Waals surface area contributed by atoms with Gasteiger partial charge in [-0.25, -0.2) is 4.57 Å². The van der Waals surface area contributed by atoms with E-state index in [2.05, 4.69) is 4.98 Å². The summed E-state index contributed by atoms with van der Waals surface area (Å²) < 4.78 is 27.8. The van der Waals surface area contributed by atoms with Gasteiger partial charge in [0.05, 0.1) is 0 Å². The number of aliphatic hydroxyl groups excluding tert-OH is 1. The molecule has 1 amide bonds. The van der Waals surface area contributed by atoms with E-state index >= 15 is 0 Å². The molecule has 0 aliphatic carbocycles. The molecule has 8 nitrogen and oxygen atoms in total. The van der Waals surface area contributed by atoms with Crippen molar-refractivity contribution in [3.63, 3.8) is 0 Å². The second kappa shape index (κ2) is 6.89. The molecule has 0 bridgehead atoms. The van der Waals surface area contributed by atoms with Crippen molar-refractivity contribution >= 4 is 11.9 Å². The third kappa shape index (κ3) is 4.23. The predicted molar refractivity (Wildman–Crippen MR) is 63.2 cm³/mol. The Labute approximate surface area is 112 Å². The number of rotatable bonds is 8. The molecule has 0 aliphatic heterocycles. The minimum atomic E-state index is -3.79. The average molecular weight is 292 g/mol. The average Bonchev–Trinajstić information content (AvgIpc) is 2.81. The van der Waals surface area contributed by atoms with Crippen LogP contribution in [0.1, 0.15) is 12.8 Å². The normalized spacial score (nSPS) is 11.3. The number of imidazole rings is 1. The highest BCUT2D eigenvalue weighted by Gasteiger charge is 2.41. The topological polar surface area (TPSA) is 110 Å². The van der Waals surface area contributed by atoms with Crippen molar-refractivity contribution in [1.82, 2.24) is 14.9 Å². The van der Waals surface area contributed by atoms with Crippen LogP contribution in [-0.4, -0.2) is 44.6 Å². The summed E-state index contributed by atoms with van der Waals surface area (Å²) >= 11 is 0. The summed E-state index contributed by atoms with van der Waals surface area (Å²) in [5.74, 6) is -6.05. The van der Waals surface area contributed by atoms with Gasteiger partial charge in [0.15, 0.2) is 0 Å². The Hall–Kier alpha value is -2.10. The molecule has 0 aliphatic rings.